The van der Waals surface area contributed by atoms with E-state index in [-0.39, 0.29) is 36.2 Å². The molecule has 6 heteroatoms. The van der Waals surface area contributed by atoms with E-state index in [2.05, 4.69) is 10.3 Å². The number of rotatable bonds is 6. The van der Waals surface area contributed by atoms with Crippen LogP contribution >= 0.6 is 0 Å². The first-order valence-electron chi connectivity index (χ1n) is 9.62. The summed E-state index contributed by atoms with van der Waals surface area (Å²) in [5.41, 5.74) is 3.80. The lowest BCUT2D eigenvalue weighted by atomic mass is 9.96. The lowest BCUT2D eigenvalue weighted by molar-refractivity contribution is -0.118. The Morgan fingerprint density at radius 2 is 1.83 bits per heavy atom. The Labute approximate surface area is 173 Å². The molecule has 1 amide bonds. The second-order valence-corrected chi connectivity index (χ2v) is 7.26. The number of amides is 1. The normalized spacial score (nSPS) is 12.5. The molecule has 0 saturated carbocycles. The van der Waals surface area contributed by atoms with Gasteiger partial charge in [-0.2, -0.15) is 0 Å². The molecule has 1 N–H and O–H groups in total. The lowest BCUT2D eigenvalue weighted by Crippen LogP contribution is -2.27. The van der Waals surface area contributed by atoms with Crippen molar-refractivity contribution in [2.45, 2.75) is 19.8 Å². The number of carbonyl (C=O) groups excluding carboxylic acids is 3. The van der Waals surface area contributed by atoms with E-state index < -0.39 is 0 Å². The highest BCUT2D eigenvalue weighted by atomic mass is 16.5. The number of benzene rings is 2. The van der Waals surface area contributed by atoms with Gasteiger partial charge in [-0.1, -0.05) is 30.3 Å². The molecule has 1 aromatic heterocycles. The predicted molar refractivity (Wildman–Crippen MR) is 112 cm³/mol. The number of fused-ring (bicyclic) bond motifs is 1. The fourth-order valence-electron chi connectivity index (χ4n) is 3.42. The van der Waals surface area contributed by atoms with Gasteiger partial charge in [0.2, 0.25) is 0 Å². The van der Waals surface area contributed by atoms with Gasteiger partial charge in [-0.25, -0.2) is 0 Å². The van der Waals surface area contributed by atoms with E-state index in [1.807, 2.05) is 37.3 Å². The van der Waals surface area contributed by atoms with Crippen LogP contribution in [-0.2, 0) is 11.2 Å². The molecule has 0 atom stereocenters. The van der Waals surface area contributed by atoms with Gasteiger partial charge in [0, 0.05) is 6.20 Å². The number of ketones is 2. The minimum Gasteiger partial charge on any atom is -0.481 e. The number of hydrogen-bond acceptors (Lipinski definition) is 5. The van der Waals surface area contributed by atoms with Crippen LogP contribution in [0.4, 0.5) is 5.69 Å². The number of ether oxygens (including phenoxy) is 1. The number of aromatic nitrogens is 1. The van der Waals surface area contributed by atoms with Gasteiger partial charge in [-0.05, 0) is 54.3 Å². The number of hydrogen-bond donors (Lipinski definition) is 1. The first-order chi connectivity index (χ1) is 14.5. The van der Waals surface area contributed by atoms with Gasteiger partial charge in [0.1, 0.15) is 5.69 Å². The molecular weight excluding hydrogens is 380 g/mol. The lowest BCUT2D eigenvalue weighted by Gasteiger charge is -2.21. The Bertz CT molecular complexity index is 1140. The topological polar surface area (TPSA) is 85.4 Å². The standard InChI is InChI=1S/C24H20N2O4/c1-15-7-8-25-19(9-15)22(28)13-21(27)18-11-17(10-16-5-3-2-4-6-16)12-20-24(18)30-14-23(29)26-20/h2-9,11-12H,10,13-14H2,1H3,(H,26,29). The predicted octanol–water partition coefficient (Wildman–Crippen LogP) is 3.77. The molecule has 150 valence electrons. The summed E-state index contributed by atoms with van der Waals surface area (Å²) in [5, 5.41) is 2.76. The molecule has 0 bridgehead atoms. The monoisotopic (exact) mass is 400 g/mol. The number of pyridine rings is 1. The zero-order valence-corrected chi connectivity index (χ0v) is 16.5. The highest BCUT2D eigenvalue weighted by Crippen LogP contribution is 2.35. The average Bonchev–Trinajstić information content (AvgIpc) is 2.73. The van der Waals surface area contributed by atoms with Crippen LogP contribution in [0.2, 0.25) is 0 Å². The summed E-state index contributed by atoms with van der Waals surface area (Å²) in [6.07, 6.45) is 1.81. The van der Waals surface area contributed by atoms with E-state index in [1.165, 1.54) is 0 Å². The highest BCUT2D eigenvalue weighted by molar-refractivity contribution is 6.15. The van der Waals surface area contributed by atoms with E-state index >= 15 is 0 Å². The number of nitrogens with zero attached hydrogens (tertiary/aromatic N) is 1. The third kappa shape index (κ3) is 4.27. The van der Waals surface area contributed by atoms with Gasteiger partial charge < -0.3 is 10.1 Å². The van der Waals surface area contributed by atoms with E-state index in [9.17, 15) is 14.4 Å². The maximum atomic E-state index is 13.0. The summed E-state index contributed by atoms with van der Waals surface area (Å²) in [7, 11) is 0. The maximum Gasteiger partial charge on any atom is 0.262 e. The summed E-state index contributed by atoms with van der Waals surface area (Å²) in [4.78, 5) is 41.5. The Kier molecular flexibility index (Phi) is 5.39. The van der Waals surface area contributed by atoms with Crippen molar-refractivity contribution in [1.82, 2.24) is 4.98 Å². The van der Waals surface area contributed by atoms with Crippen LogP contribution in [0.3, 0.4) is 0 Å². The summed E-state index contributed by atoms with van der Waals surface area (Å²) in [6.45, 7) is 1.69. The Balaban J connectivity index is 1.66. The van der Waals surface area contributed by atoms with Crippen molar-refractivity contribution in [3.63, 3.8) is 0 Å². The molecule has 2 aromatic carbocycles. The molecule has 0 fully saturated rings. The number of Topliss-reactive ketones (excluding diaryl/α,β-unsaturated/α-hetero) is 2. The molecule has 1 aliphatic rings. The zero-order valence-electron chi connectivity index (χ0n) is 16.5. The quantitative estimate of drug-likeness (QED) is 0.503. The van der Waals surface area contributed by atoms with Crippen LogP contribution in [0.5, 0.6) is 5.75 Å². The molecule has 3 aromatic rings. The molecule has 1 aliphatic heterocycles. The van der Waals surface area contributed by atoms with Crippen molar-refractivity contribution in [3.05, 3.63) is 88.7 Å². The van der Waals surface area contributed by atoms with Crippen molar-refractivity contribution < 1.29 is 19.1 Å². The molecule has 0 saturated heterocycles. The van der Waals surface area contributed by atoms with Crippen LogP contribution in [0.25, 0.3) is 0 Å². The van der Waals surface area contributed by atoms with Crippen LogP contribution in [0, 0.1) is 6.92 Å². The minimum absolute atomic E-state index is 0.168. The van der Waals surface area contributed by atoms with Gasteiger partial charge in [-0.15, -0.1) is 0 Å². The van der Waals surface area contributed by atoms with Gasteiger partial charge in [0.25, 0.3) is 5.91 Å². The molecule has 30 heavy (non-hydrogen) atoms. The third-order valence-corrected chi connectivity index (χ3v) is 4.84. The summed E-state index contributed by atoms with van der Waals surface area (Å²) >= 11 is 0. The second-order valence-electron chi connectivity index (χ2n) is 7.26. The van der Waals surface area contributed by atoms with Crippen molar-refractivity contribution in [1.29, 1.82) is 0 Å². The Hall–Kier alpha value is -3.80. The number of anilines is 1. The first kappa shape index (κ1) is 19.5. The molecule has 0 aliphatic carbocycles. The van der Waals surface area contributed by atoms with Gasteiger partial charge in [0.05, 0.1) is 17.7 Å². The number of nitrogens with one attached hydrogen (secondary N) is 1. The van der Waals surface area contributed by atoms with Crippen LogP contribution < -0.4 is 10.1 Å². The zero-order chi connectivity index (χ0) is 21.1. The molecule has 2 heterocycles. The van der Waals surface area contributed by atoms with Crippen molar-refractivity contribution in [2.24, 2.45) is 0 Å². The van der Waals surface area contributed by atoms with Crippen LogP contribution in [-0.4, -0.2) is 29.1 Å². The SMILES string of the molecule is Cc1ccnc(C(=O)CC(=O)c2cc(Cc3ccccc3)cc3c2OCC(=O)N3)c1. The van der Waals surface area contributed by atoms with Gasteiger partial charge >= 0.3 is 0 Å². The second kappa shape index (κ2) is 8.29. The fraction of sp³-hybridized carbons (Fsp3) is 0.167. The molecular formula is C24H20N2O4. The van der Waals surface area contributed by atoms with Crippen molar-refractivity contribution >= 4 is 23.2 Å². The largest absolute Gasteiger partial charge is 0.481 e. The number of carbonyl (C=O) groups is 3. The Morgan fingerprint density at radius 1 is 1.03 bits per heavy atom. The van der Waals surface area contributed by atoms with Gasteiger partial charge in [0.15, 0.2) is 23.9 Å². The molecule has 0 spiro atoms. The Morgan fingerprint density at radius 3 is 2.60 bits per heavy atom. The first-order valence-corrected chi connectivity index (χ1v) is 9.62. The molecule has 0 unspecified atom stereocenters. The molecule has 0 radical (unpaired) electrons. The van der Waals surface area contributed by atoms with E-state index in [1.54, 1.807) is 30.5 Å². The minimum atomic E-state index is -0.370. The maximum absolute atomic E-state index is 13.0. The summed E-state index contributed by atoms with van der Waals surface area (Å²) < 4.78 is 5.54. The van der Waals surface area contributed by atoms with Crippen LogP contribution in [0.15, 0.2) is 60.8 Å². The molecule has 6 nitrogen and oxygen atoms in total. The fourth-order valence-corrected chi connectivity index (χ4v) is 3.42. The van der Waals surface area contributed by atoms with Gasteiger partial charge in [-0.3, -0.25) is 19.4 Å². The molecule has 4 rings (SSSR count). The van der Waals surface area contributed by atoms with Crippen molar-refractivity contribution in [2.75, 3.05) is 11.9 Å². The summed E-state index contributed by atoms with van der Waals surface area (Å²) in [6, 6.07) is 16.8. The third-order valence-electron chi connectivity index (χ3n) is 4.84. The van der Waals surface area contributed by atoms with E-state index in [4.69, 9.17) is 4.74 Å². The average molecular weight is 400 g/mol. The number of aryl methyl sites for hydroxylation is 1. The van der Waals surface area contributed by atoms with E-state index in [0.29, 0.717) is 23.4 Å². The van der Waals surface area contributed by atoms with E-state index in [0.717, 1.165) is 16.7 Å². The van der Waals surface area contributed by atoms with Crippen LogP contribution in [0.1, 0.15) is 44.0 Å². The van der Waals surface area contributed by atoms with Crippen molar-refractivity contribution in [3.8, 4) is 5.75 Å². The highest BCUT2D eigenvalue weighted by Gasteiger charge is 2.25. The summed E-state index contributed by atoms with van der Waals surface area (Å²) in [5.74, 6) is -0.699. The smallest absolute Gasteiger partial charge is 0.262 e.